The Hall–Kier alpha value is -1.59. The smallest absolute Gasteiger partial charge is 0.197 e. The van der Waals surface area contributed by atoms with Gasteiger partial charge >= 0.3 is 0 Å². The van der Waals surface area contributed by atoms with Crippen molar-refractivity contribution in [1.82, 2.24) is 5.32 Å². The van der Waals surface area contributed by atoms with Gasteiger partial charge in [-0.25, -0.2) is 0 Å². The van der Waals surface area contributed by atoms with E-state index in [0.717, 1.165) is 11.1 Å². The summed E-state index contributed by atoms with van der Waals surface area (Å²) in [5.41, 5.74) is 2.91. The molecule has 148 valence electrons. The number of nitrogens with one attached hydrogen (secondary N) is 1. The van der Waals surface area contributed by atoms with E-state index in [1.165, 1.54) is 0 Å². The van der Waals surface area contributed by atoms with Crippen molar-refractivity contribution in [2.24, 2.45) is 0 Å². The van der Waals surface area contributed by atoms with Crippen LogP contribution in [0.15, 0.2) is 36.4 Å². The molecule has 2 rings (SSSR count). The summed E-state index contributed by atoms with van der Waals surface area (Å²) < 4.78 is 5.82. The lowest BCUT2D eigenvalue weighted by Gasteiger charge is -2.18. The Balaban J connectivity index is 0.00000364. The minimum Gasteiger partial charge on any atom is -0.490 e. The third-order valence-electron chi connectivity index (χ3n) is 3.97. The fourth-order valence-electron chi connectivity index (χ4n) is 2.70. The Bertz CT molecular complexity index is 761. The average Bonchev–Trinajstić information content (AvgIpc) is 2.57. The minimum atomic E-state index is -0.656. The summed E-state index contributed by atoms with van der Waals surface area (Å²) in [5.74, 6) is 0.370. The zero-order valence-electron chi connectivity index (χ0n) is 16.1. The molecule has 0 aliphatic heterocycles. The fourth-order valence-corrected chi connectivity index (χ4v) is 2.82. The molecule has 1 atom stereocenters. The zero-order valence-corrected chi connectivity index (χ0v) is 17.7. The highest BCUT2D eigenvalue weighted by Gasteiger charge is 2.19. The number of aliphatic hydroxyl groups excluding tert-OH is 1. The second kappa shape index (κ2) is 10.7. The SMILES string of the molecule is Cc1cc(C)c(C(=O)c2ccc(Cl)cc2)c(OCC(O)CNC(C)C)c1.Cl. The van der Waals surface area contributed by atoms with Crippen LogP contribution >= 0.6 is 24.0 Å². The van der Waals surface area contributed by atoms with Crippen molar-refractivity contribution in [1.29, 1.82) is 0 Å². The van der Waals surface area contributed by atoms with E-state index in [1.54, 1.807) is 24.3 Å². The average molecular weight is 412 g/mol. The van der Waals surface area contributed by atoms with Crippen LogP contribution in [-0.4, -0.2) is 36.2 Å². The standard InChI is InChI=1S/C21H26ClNO3.ClH/c1-13(2)23-11-18(24)12-26-19-10-14(3)9-15(4)20(19)21(25)16-5-7-17(22)8-6-16;/h5-10,13,18,23-24H,11-12H2,1-4H3;1H. The molecule has 0 aromatic heterocycles. The van der Waals surface area contributed by atoms with E-state index in [-0.39, 0.29) is 30.8 Å². The van der Waals surface area contributed by atoms with Crippen molar-refractivity contribution < 1.29 is 14.6 Å². The number of hydrogen-bond donors (Lipinski definition) is 2. The summed E-state index contributed by atoms with van der Waals surface area (Å²) in [7, 11) is 0. The van der Waals surface area contributed by atoms with E-state index in [2.05, 4.69) is 5.32 Å². The van der Waals surface area contributed by atoms with Gasteiger partial charge in [-0.2, -0.15) is 0 Å². The lowest BCUT2D eigenvalue weighted by Crippen LogP contribution is -2.35. The number of aryl methyl sites for hydroxylation is 2. The van der Waals surface area contributed by atoms with Crippen molar-refractivity contribution >= 4 is 29.8 Å². The van der Waals surface area contributed by atoms with E-state index in [1.807, 2.05) is 39.8 Å². The molecule has 6 heteroatoms. The van der Waals surface area contributed by atoms with Gasteiger partial charge in [-0.3, -0.25) is 4.79 Å². The van der Waals surface area contributed by atoms with Gasteiger partial charge in [0.15, 0.2) is 5.78 Å². The van der Waals surface area contributed by atoms with Crippen molar-refractivity contribution in [2.75, 3.05) is 13.2 Å². The summed E-state index contributed by atoms with van der Waals surface area (Å²) >= 11 is 5.91. The largest absolute Gasteiger partial charge is 0.490 e. The predicted molar refractivity (Wildman–Crippen MR) is 113 cm³/mol. The van der Waals surface area contributed by atoms with Crippen molar-refractivity contribution in [3.05, 3.63) is 63.7 Å². The second-order valence-electron chi connectivity index (χ2n) is 6.82. The summed E-state index contributed by atoms with van der Waals surface area (Å²) in [4.78, 5) is 13.0. The van der Waals surface area contributed by atoms with Gasteiger partial charge in [0.1, 0.15) is 18.5 Å². The number of hydrogen-bond acceptors (Lipinski definition) is 4. The van der Waals surface area contributed by atoms with E-state index < -0.39 is 6.10 Å². The molecule has 0 saturated heterocycles. The van der Waals surface area contributed by atoms with Crippen molar-refractivity contribution in [3.63, 3.8) is 0 Å². The fraction of sp³-hybridized carbons (Fsp3) is 0.381. The number of carbonyl (C=O) groups excluding carboxylic acids is 1. The summed E-state index contributed by atoms with van der Waals surface area (Å²) in [6.07, 6.45) is -0.656. The summed E-state index contributed by atoms with van der Waals surface area (Å²) in [6.45, 7) is 8.42. The number of carbonyl (C=O) groups is 1. The highest BCUT2D eigenvalue weighted by molar-refractivity contribution is 6.30. The zero-order chi connectivity index (χ0) is 19.3. The van der Waals surface area contributed by atoms with Gasteiger partial charge < -0.3 is 15.2 Å². The molecule has 0 aliphatic carbocycles. The van der Waals surface area contributed by atoms with E-state index in [4.69, 9.17) is 16.3 Å². The monoisotopic (exact) mass is 411 g/mol. The molecule has 0 bridgehead atoms. The highest BCUT2D eigenvalue weighted by atomic mass is 35.5. The molecule has 0 fully saturated rings. The van der Waals surface area contributed by atoms with Gasteiger partial charge in [0.2, 0.25) is 0 Å². The molecule has 27 heavy (non-hydrogen) atoms. The van der Waals surface area contributed by atoms with Crippen molar-refractivity contribution in [3.8, 4) is 5.75 Å². The Kier molecular flexibility index (Phi) is 9.27. The number of benzene rings is 2. The Morgan fingerprint density at radius 3 is 2.41 bits per heavy atom. The van der Waals surface area contributed by atoms with Gasteiger partial charge in [0.05, 0.1) is 5.56 Å². The van der Waals surface area contributed by atoms with Gasteiger partial charge in [0, 0.05) is 23.2 Å². The van der Waals surface area contributed by atoms with Gasteiger partial charge in [-0.15, -0.1) is 12.4 Å². The Morgan fingerprint density at radius 1 is 1.19 bits per heavy atom. The van der Waals surface area contributed by atoms with Crippen LogP contribution in [0.25, 0.3) is 0 Å². The molecule has 4 nitrogen and oxygen atoms in total. The van der Waals surface area contributed by atoms with Crippen molar-refractivity contribution in [2.45, 2.75) is 39.8 Å². The molecule has 2 aromatic carbocycles. The second-order valence-corrected chi connectivity index (χ2v) is 7.26. The molecular formula is C21H27Cl2NO3. The third-order valence-corrected chi connectivity index (χ3v) is 4.22. The van der Waals surface area contributed by atoms with Crippen LogP contribution in [0.5, 0.6) is 5.75 Å². The van der Waals surface area contributed by atoms with Gasteiger partial charge in [-0.1, -0.05) is 31.5 Å². The molecular weight excluding hydrogens is 385 g/mol. The number of aliphatic hydroxyl groups is 1. The first kappa shape index (κ1) is 23.4. The molecule has 1 unspecified atom stereocenters. The van der Waals surface area contributed by atoms with E-state index in [9.17, 15) is 9.90 Å². The lowest BCUT2D eigenvalue weighted by atomic mass is 9.96. The molecule has 0 amide bonds. The molecule has 0 spiro atoms. The third kappa shape index (κ3) is 6.82. The maximum atomic E-state index is 13.0. The van der Waals surface area contributed by atoms with Crippen LogP contribution in [0.1, 0.15) is 40.9 Å². The first-order chi connectivity index (χ1) is 12.3. The lowest BCUT2D eigenvalue weighted by molar-refractivity contribution is 0.0981. The van der Waals surface area contributed by atoms with Crippen LogP contribution in [-0.2, 0) is 0 Å². The van der Waals surface area contributed by atoms with Gasteiger partial charge in [0.25, 0.3) is 0 Å². The minimum absolute atomic E-state index is 0. The summed E-state index contributed by atoms with van der Waals surface area (Å²) in [5, 5.41) is 13.8. The number of ether oxygens (including phenoxy) is 1. The molecule has 0 radical (unpaired) electrons. The quantitative estimate of drug-likeness (QED) is 0.633. The maximum Gasteiger partial charge on any atom is 0.197 e. The number of halogens is 2. The van der Waals surface area contributed by atoms with Crippen LogP contribution < -0.4 is 10.1 Å². The Labute approximate surface area is 172 Å². The van der Waals surface area contributed by atoms with Crippen LogP contribution in [0.3, 0.4) is 0 Å². The van der Waals surface area contributed by atoms with Crippen LogP contribution in [0, 0.1) is 13.8 Å². The van der Waals surface area contributed by atoms with E-state index >= 15 is 0 Å². The molecule has 0 heterocycles. The highest BCUT2D eigenvalue weighted by Crippen LogP contribution is 2.28. The normalized spacial score (nSPS) is 11.8. The number of rotatable bonds is 8. The Morgan fingerprint density at radius 2 is 1.81 bits per heavy atom. The summed E-state index contributed by atoms with van der Waals surface area (Å²) in [6, 6.07) is 10.9. The topological polar surface area (TPSA) is 58.6 Å². The molecule has 2 N–H and O–H groups in total. The van der Waals surface area contributed by atoms with Crippen LogP contribution in [0.2, 0.25) is 5.02 Å². The molecule has 0 saturated carbocycles. The van der Waals surface area contributed by atoms with E-state index in [0.29, 0.717) is 28.4 Å². The first-order valence-corrected chi connectivity index (χ1v) is 9.11. The molecule has 2 aromatic rings. The van der Waals surface area contributed by atoms with Gasteiger partial charge in [-0.05, 0) is 55.3 Å². The van der Waals surface area contributed by atoms with Crippen LogP contribution in [0.4, 0.5) is 0 Å². The first-order valence-electron chi connectivity index (χ1n) is 8.73. The maximum absolute atomic E-state index is 13.0. The molecule has 0 aliphatic rings. The number of ketones is 1. The predicted octanol–water partition coefficient (Wildman–Crippen LogP) is 4.35.